The molecular weight excluding hydrogens is 666 g/mol. The number of nitrogens with one attached hydrogen (secondary N) is 1. The first-order chi connectivity index (χ1) is 24.6. The average Bonchev–Trinajstić information content (AvgIpc) is 3.63. The highest BCUT2D eigenvalue weighted by Crippen LogP contribution is 2.35. The Morgan fingerprint density at radius 2 is 1.76 bits per heavy atom. The third-order valence-electron chi connectivity index (χ3n) is 9.68. The first kappa shape index (κ1) is 34.3. The number of anilines is 1. The van der Waals surface area contributed by atoms with Crippen LogP contribution in [0.15, 0.2) is 79.3 Å². The van der Waals surface area contributed by atoms with Crippen LogP contribution in [-0.2, 0) is 22.5 Å². The molecule has 2 atom stereocenters. The van der Waals surface area contributed by atoms with Gasteiger partial charge in [0.05, 0.1) is 24.5 Å². The molecular formula is C38H35F4N5O4. The molecule has 0 aliphatic carbocycles. The maximum Gasteiger partial charge on any atom is 0.411 e. The molecule has 2 aliphatic heterocycles. The third kappa shape index (κ3) is 7.08. The number of halogens is 4. The van der Waals surface area contributed by atoms with Crippen molar-refractivity contribution in [3.05, 3.63) is 102 Å². The van der Waals surface area contributed by atoms with Crippen LogP contribution < -0.4 is 10.2 Å². The van der Waals surface area contributed by atoms with E-state index >= 15 is 4.39 Å². The molecule has 2 saturated heterocycles. The monoisotopic (exact) mass is 701 g/mol. The highest BCUT2D eigenvalue weighted by molar-refractivity contribution is 6.04. The van der Waals surface area contributed by atoms with Gasteiger partial charge in [-0.1, -0.05) is 36.4 Å². The molecule has 2 fully saturated rings. The van der Waals surface area contributed by atoms with Crippen molar-refractivity contribution in [3.63, 3.8) is 0 Å². The second kappa shape index (κ2) is 14.2. The molecule has 5 aromatic rings. The predicted molar refractivity (Wildman–Crippen MR) is 184 cm³/mol. The van der Waals surface area contributed by atoms with E-state index in [1.165, 1.54) is 6.07 Å². The van der Waals surface area contributed by atoms with Crippen molar-refractivity contribution >= 4 is 39.1 Å². The molecule has 4 heterocycles. The molecule has 51 heavy (non-hydrogen) atoms. The Bertz CT molecular complexity index is 2100. The number of fused-ring (bicyclic) bond motifs is 2. The number of carboxylic acid groups (broad SMARTS) is 1. The van der Waals surface area contributed by atoms with Crippen LogP contribution in [0, 0.1) is 5.82 Å². The summed E-state index contributed by atoms with van der Waals surface area (Å²) in [5.41, 5.74) is 1.95. The number of likely N-dealkylation sites (tertiary alicyclic amines) is 1. The molecule has 0 radical (unpaired) electrons. The Morgan fingerprint density at radius 1 is 0.961 bits per heavy atom. The number of hydrogen-bond donors (Lipinski definition) is 2. The number of morpholine rings is 1. The number of aromatic nitrogens is 2. The van der Waals surface area contributed by atoms with Crippen molar-refractivity contribution in [1.29, 1.82) is 0 Å². The molecule has 0 unspecified atom stereocenters. The van der Waals surface area contributed by atoms with Crippen LogP contribution in [0.3, 0.4) is 0 Å². The maximum atomic E-state index is 16.0. The van der Waals surface area contributed by atoms with Gasteiger partial charge in [-0.05, 0) is 72.1 Å². The summed E-state index contributed by atoms with van der Waals surface area (Å²) in [6.07, 6.45) is 2.16. The van der Waals surface area contributed by atoms with E-state index in [1.807, 2.05) is 35.2 Å². The Labute approximate surface area is 290 Å². The van der Waals surface area contributed by atoms with E-state index in [2.05, 4.69) is 15.3 Å². The summed E-state index contributed by atoms with van der Waals surface area (Å²) in [6, 6.07) is 13.9. The number of ether oxygens (including phenoxy) is 1. The molecule has 264 valence electrons. The van der Waals surface area contributed by atoms with E-state index in [0.717, 1.165) is 50.9 Å². The van der Waals surface area contributed by atoms with Crippen LogP contribution in [0.25, 0.3) is 32.8 Å². The van der Waals surface area contributed by atoms with Crippen LogP contribution in [0.4, 0.5) is 23.2 Å². The summed E-state index contributed by atoms with van der Waals surface area (Å²) in [7, 11) is 0. The fraction of sp³-hybridized carbons (Fsp3) is 0.316. The predicted octanol–water partition coefficient (Wildman–Crippen LogP) is 6.38. The number of carboxylic acids is 1. The zero-order valence-electron chi connectivity index (χ0n) is 27.5. The number of pyridine rings is 2. The molecule has 0 saturated carbocycles. The van der Waals surface area contributed by atoms with Crippen LogP contribution in [-0.4, -0.2) is 83.0 Å². The molecule has 0 spiro atoms. The van der Waals surface area contributed by atoms with Gasteiger partial charge in [-0.3, -0.25) is 19.7 Å². The lowest BCUT2D eigenvalue weighted by Crippen LogP contribution is -2.53. The average molecular weight is 702 g/mol. The van der Waals surface area contributed by atoms with E-state index < -0.39 is 42.6 Å². The fourth-order valence-corrected chi connectivity index (χ4v) is 7.19. The van der Waals surface area contributed by atoms with E-state index in [-0.39, 0.29) is 42.9 Å². The second-order valence-corrected chi connectivity index (χ2v) is 12.9. The Morgan fingerprint density at radius 3 is 2.55 bits per heavy atom. The van der Waals surface area contributed by atoms with E-state index in [1.54, 1.807) is 36.8 Å². The molecule has 7 rings (SSSR count). The topological polar surface area (TPSA) is 108 Å². The van der Waals surface area contributed by atoms with E-state index in [4.69, 9.17) is 4.74 Å². The van der Waals surface area contributed by atoms with Crippen molar-refractivity contribution in [2.45, 2.75) is 44.1 Å². The minimum atomic E-state index is -4.62. The molecule has 9 nitrogen and oxygen atoms in total. The smallest absolute Gasteiger partial charge is 0.411 e. The molecule has 2 N–H and O–H groups in total. The lowest BCUT2D eigenvalue weighted by atomic mass is 9.95. The van der Waals surface area contributed by atoms with Crippen LogP contribution in [0.2, 0.25) is 0 Å². The standard InChI is InChI=1S/C38H35F4N5O4/c39-31-19-26(47-15-16-51-22-33(47)38(40,41)42)17-25(21-46-13-1-2-14-46)34(31)36(48)45-32(37(49)50)18-24-6-4-7-28-27(24)10-12-44-35(28)29-8-3-5-23-9-11-43-20-30(23)29/h3-12,17,19-20,32-33H,1-2,13-16,18,21-22H2,(H,45,48)(H,49,50)/t32-,33+/m0/s1. The fourth-order valence-electron chi connectivity index (χ4n) is 7.19. The summed E-state index contributed by atoms with van der Waals surface area (Å²) < 4.78 is 62.9. The second-order valence-electron chi connectivity index (χ2n) is 12.9. The van der Waals surface area contributed by atoms with E-state index in [9.17, 15) is 27.9 Å². The van der Waals surface area contributed by atoms with Gasteiger partial charge in [0, 0.05) is 60.1 Å². The molecule has 13 heteroatoms. The summed E-state index contributed by atoms with van der Waals surface area (Å²) >= 11 is 0. The molecule has 2 aromatic heterocycles. The zero-order chi connectivity index (χ0) is 35.7. The number of carbonyl (C=O) groups is 2. The summed E-state index contributed by atoms with van der Waals surface area (Å²) in [4.78, 5) is 38.4. The summed E-state index contributed by atoms with van der Waals surface area (Å²) in [6.45, 7) is 0.804. The first-order valence-electron chi connectivity index (χ1n) is 16.8. The minimum absolute atomic E-state index is 0.0131. The third-order valence-corrected chi connectivity index (χ3v) is 9.68. The lowest BCUT2D eigenvalue weighted by Gasteiger charge is -2.38. The summed E-state index contributed by atoms with van der Waals surface area (Å²) in [5.74, 6) is -3.31. The van der Waals surface area contributed by atoms with Gasteiger partial charge < -0.3 is 20.1 Å². The van der Waals surface area contributed by atoms with Gasteiger partial charge in [0.1, 0.15) is 17.9 Å². The minimum Gasteiger partial charge on any atom is -0.480 e. The van der Waals surface area contributed by atoms with Crippen molar-refractivity contribution in [3.8, 4) is 11.3 Å². The number of benzene rings is 3. The first-order valence-corrected chi connectivity index (χ1v) is 16.8. The number of carbonyl (C=O) groups excluding carboxylic acids is 1. The highest BCUT2D eigenvalue weighted by atomic mass is 19.4. The van der Waals surface area contributed by atoms with Gasteiger partial charge in [0.25, 0.3) is 5.91 Å². The van der Waals surface area contributed by atoms with Gasteiger partial charge >= 0.3 is 12.1 Å². The number of amides is 1. The SMILES string of the molecule is O=C(N[C@@H](Cc1cccc2c(-c3cccc4ccncc34)nccc12)C(=O)O)c1c(F)cc(N2CCOC[C@@H]2C(F)(F)F)cc1CN1CCCC1. The van der Waals surface area contributed by atoms with Crippen molar-refractivity contribution in [1.82, 2.24) is 20.2 Å². The largest absolute Gasteiger partial charge is 0.480 e. The quantitative estimate of drug-likeness (QED) is 0.171. The van der Waals surface area contributed by atoms with Crippen molar-refractivity contribution in [2.75, 3.05) is 37.7 Å². The number of hydrogen-bond acceptors (Lipinski definition) is 7. The van der Waals surface area contributed by atoms with Gasteiger partial charge in [-0.15, -0.1) is 0 Å². The van der Waals surface area contributed by atoms with Crippen molar-refractivity contribution in [2.24, 2.45) is 0 Å². The summed E-state index contributed by atoms with van der Waals surface area (Å²) in [5, 5.41) is 16.2. The molecule has 0 bridgehead atoms. The normalized spacial score (nSPS) is 17.6. The van der Waals surface area contributed by atoms with Gasteiger partial charge in [-0.2, -0.15) is 13.2 Å². The maximum absolute atomic E-state index is 16.0. The van der Waals surface area contributed by atoms with Crippen LogP contribution >= 0.6 is 0 Å². The number of nitrogens with zero attached hydrogens (tertiary/aromatic N) is 4. The number of aliphatic carboxylic acids is 1. The van der Waals surface area contributed by atoms with Gasteiger partial charge in [0.2, 0.25) is 0 Å². The number of rotatable bonds is 9. The Hall–Kier alpha value is -5.14. The van der Waals surface area contributed by atoms with E-state index in [0.29, 0.717) is 24.3 Å². The number of alkyl halides is 3. The lowest BCUT2D eigenvalue weighted by molar-refractivity contribution is -0.167. The zero-order valence-corrected chi connectivity index (χ0v) is 27.5. The Kier molecular flexibility index (Phi) is 9.58. The van der Waals surface area contributed by atoms with Gasteiger partial charge in [0.15, 0.2) is 0 Å². The molecule has 3 aromatic carbocycles. The Balaban J connectivity index is 1.21. The van der Waals surface area contributed by atoms with Crippen LogP contribution in [0.1, 0.15) is 34.3 Å². The van der Waals surface area contributed by atoms with Crippen molar-refractivity contribution < 1.29 is 37.0 Å². The van der Waals surface area contributed by atoms with Crippen LogP contribution in [0.5, 0.6) is 0 Å². The molecule has 2 aliphatic rings. The van der Waals surface area contributed by atoms with Gasteiger partial charge in [-0.25, -0.2) is 9.18 Å². The highest BCUT2D eigenvalue weighted by Gasteiger charge is 2.46. The molecule has 1 amide bonds.